The third-order valence-corrected chi connectivity index (χ3v) is 6.15. The van der Waals surface area contributed by atoms with Crippen molar-refractivity contribution in [1.29, 1.82) is 0 Å². The van der Waals surface area contributed by atoms with Crippen LogP contribution in [0.1, 0.15) is 0 Å². The summed E-state index contributed by atoms with van der Waals surface area (Å²) in [5.41, 5.74) is 4.83. The third kappa shape index (κ3) is 2.78. The van der Waals surface area contributed by atoms with Gasteiger partial charge in [0.1, 0.15) is 5.75 Å². The van der Waals surface area contributed by atoms with Gasteiger partial charge in [-0.15, -0.1) is 11.3 Å². The predicted octanol–water partition coefficient (Wildman–Crippen LogP) is 6.29. The molecular formula is C24H16BO2S. The van der Waals surface area contributed by atoms with Gasteiger partial charge in [-0.2, -0.15) is 0 Å². The Morgan fingerprint density at radius 3 is 2.21 bits per heavy atom. The summed E-state index contributed by atoms with van der Waals surface area (Å²) in [6, 6.07) is 31.4. The summed E-state index contributed by atoms with van der Waals surface area (Å²) in [4.78, 5) is 0. The maximum absolute atomic E-state index is 9.11. The Morgan fingerprint density at radius 2 is 1.39 bits per heavy atom. The van der Waals surface area contributed by atoms with E-state index in [9.17, 15) is 0 Å². The maximum atomic E-state index is 9.11. The number of hydrogen-bond acceptors (Lipinski definition) is 3. The zero-order valence-corrected chi connectivity index (χ0v) is 15.8. The minimum atomic E-state index is 0.670. The lowest BCUT2D eigenvalue weighted by molar-refractivity contribution is 0.457. The minimum Gasteiger partial charge on any atom is -0.536 e. The van der Waals surface area contributed by atoms with Crippen LogP contribution in [0.15, 0.2) is 91.0 Å². The van der Waals surface area contributed by atoms with Gasteiger partial charge in [0.25, 0.3) is 0 Å². The Morgan fingerprint density at radius 1 is 0.679 bits per heavy atom. The highest BCUT2D eigenvalue weighted by Crippen LogP contribution is 2.45. The van der Waals surface area contributed by atoms with Gasteiger partial charge in [0.15, 0.2) is 0 Å². The summed E-state index contributed by atoms with van der Waals surface area (Å²) < 4.78 is 7.56. The molecule has 0 amide bonds. The molecule has 2 nitrogen and oxygen atoms in total. The van der Waals surface area contributed by atoms with E-state index in [1.54, 1.807) is 11.3 Å². The average Bonchev–Trinajstić information content (AvgIpc) is 3.15. The van der Waals surface area contributed by atoms with Crippen LogP contribution in [-0.2, 0) is 0 Å². The molecule has 0 spiro atoms. The van der Waals surface area contributed by atoms with E-state index in [-0.39, 0.29) is 0 Å². The molecular weight excluding hydrogens is 363 g/mol. The van der Waals surface area contributed by atoms with Gasteiger partial charge in [-0.25, -0.2) is 0 Å². The Labute approximate surface area is 168 Å². The van der Waals surface area contributed by atoms with Gasteiger partial charge in [0.05, 0.1) is 4.70 Å². The molecule has 4 aromatic carbocycles. The molecule has 1 heterocycles. The zero-order valence-electron chi connectivity index (χ0n) is 15.0. The lowest BCUT2D eigenvalue weighted by atomic mass is 9.92. The van der Waals surface area contributed by atoms with Crippen LogP contribution in [0.5, 0.6) is 5.75 Å². The molecule has 28 heavy (non-hydrogen) atoms. The number of rotatable bonds is 4. The van der Waals surface area contributed by atoms with Crippen LogP contribution in [0, 0.1) is 0 Å². The first-order chi connectivity index (χ1) is 13.9. The van der Waals surface area contributed by atoms with Gasteiger partial charge in [0.2, 0.25) is 0 Å². The summed E-state index contributed by atoms with van der Waals surface area (Å²) in [6.07, 6.45) is 0. The van der Waals surface area contributed by atoms with E-state index >= 15 is 0 Å². The Kier molecular flexibility index (Phi) is 4.36. The van der Waals surface area contributed by atoms with E-state index in [1.807, 2.05) is 18.2 Å². The highest BCUT2D eigenvalue weighted by molar-refractivity contribution is 7.26. The van der Waals surface area contributed by atoms with Crippen molar-refractivity contribution in [3.8, 4) is 28.0 Å². The second kappa shape index (κ2) is 7.15. The summed E-state index contributed by atoms with van der Waals surface area (Å²) in [6.45, 7) is 0. The zero-order chi connectivity index (χ0) is 18.9. The van der Waals surface area contributed by atoms with Gasteiger partial charge in [-0.3, -0.25) is 0 Å². The van der Waals surface area contributed by atoms with Crippen LogP contribution >= 0.6 is 11.3 Å². The Bertz CT molecular complexity index is 1280. The highest BCUT2D eigenvalue weighted by Gasteiger charge is 2.16. The monoisotopic (exact) mass is 379 g/mol. The Balaban J connectivity index is 1.82. The van der Waals surface area contributed by atoms with Gasteiger partial charge in [-0.1, -0.05) is 78.9 Å². The molecule has 133 valence electrons. The lowest BCUT2D eigenvalue weighted by Crippen LogP contribution is -1.99. The number of fused-ring (bicyclic) bond motifs is 3. The number of thiophene rings is 1. The highest BCUT2D eigenvalue weighted by atomic mass is 32.1. The van der Waals surface area contributed by atoms with E-state index < -0.39 is 0 Å². The molecule has 5 rings (SSSR count). The molecule has 0 unspecified atom stereocenters. The van der Waals surface area contributed by atoms with Gasteiger partial charge in [0, 0.05) is 15.5 Å². The molecule has 0 aliphatic heterocycles. The van der Waals surface area contributed by atoms with Crippen molar-refractivity contribution < 1.29 is 9.68 Å². The average molecular weight is 379 g/mol. The van der Waals surface area contributed by atoms with Crippen LogP contribution in [0.25, 0.3) is 42.4 Å². The second-order valence-electron chi connectivity index (χ2n) is 6.55. The van der Waals surface area contributed by atoms with Crippen molar-refractivity contribution in [2.75, 3.05) is 0 Å². The van der Waals surface area contributed by atoms with E-state index in [1.165, 1.54) is 32.3 Å². The van der Waals surface area contributed by atoms with Crippen molar-refractivity contribution in [2.45, 2.75) is 0 Å². The molecule has 0 saturated heterocycles. The van der Waals surface area contributed by atoms with Crippen molar-refractivity contribution >= 4 is 39.2 Å². The SMILES string of the molecule is O[B]Oc1cccc2c1sc1cccc(-c3ccccc3-c3ccccc3)c12. The van der Waals surface area contributed by atoms with Crippen molar-refractivity contribution in [1.82, 2.24) is 0 Å². The molecule has 4 heteroatoms. The number of benzene rings is 4. The first-order valence-electron chi connectivity index (χ1n) is 9.08. The van der Waals surface area contributed by atoms with E-state index in [4.69, 9.17) is 9.68 Å². The van der Waals surface area contributed by atoms with Gasteiger partial charge < -0.3 is 9.68 Å². The number of hydrogen-bond donors (Lipinski definition) is 1. The fraction of sp³-hybridized carbons (Fsp3) is 0. The standard InChI is InChI=1S/C24H16BO2S/c26-25-27-21-14-6-13-20-23-19(12-7-15-22(23)28-24(20)21)18-11-5-4-10-17(18)16-8-2-1-3-9-16/h1-15,26H. The third-order valence-electron chi connectivity index (χ3n) is 4.97. The lowest BCUT2D eigenvalue weighted by Gasteiger charge is -2.12. The molecule has 1 N–H and O–H groups in total. The molecule has 0 aliphatic carbocycles. The van der Waals surface area contributed by atoms with Crippen molar-refractivity contribution in [3.05, 3.63) is 91.0 Å². The fourth-order valence-electron chi connectivity index (χ4n) is 3.78. The first-order valence-corrected chi connectivity index (χ1v) is 9.90. The van der Waals surface area contributed by atoms with Crippen LogP contribution in [-0.4, -0.2) is 12.7 Å². The topological polar surface area (TPSA) is 29.5 Å². The molecule has 0 aliphatic rings. The van der Waals surface area contributed by atoms with Crippen LogP contribution in [0.4, 0.5) is 0 Å². The smallest absolute Gasteiger partial charge is 0.536 e. The summed E-state index contributed by atoms with van der Waals surface area (Å²) >= 11 is 1.68. The Hall–Kier alpha value is -3.08. The van der Waals surface area contributed by atoms with Crippen molar-refractivity contribution in [3.63, 3.8) is 0 Å². The van der Waals surface area contributed by atoms with E-state index in [0.717, 1.165) is 17.8 Å². The largest absolute Gasteiger partial charge is 0.569 e. The molecule has 5 aromatic rings. The predicted molar refractivity (Wildman–Crippen MR) is 119 cm³/mol. The minimum absolute atomic E-state index is 0.670. The maximum Gasteiger partial charge on any atom is 0.569 e. The normalized spacial score (nSPS) is 11.0. The molecule has 1 radical (unpaired) electrons. The second-order valence-corrected chi connectivity index (χ2v) is 7.60. The van der Waals surface area contributed by atoms with E-state index in [2.05, 4.69) is 72.8 Å². The van der Waals surface area contributed by atoms with Crippen LogP contribution in [0.2, 0.25) is 0 Å². The first kappa shape index (κ1) is 17.1. The molecule has 0 atom stereocenters. The van der Waals surface area contributed by atoms with Crippen LogP contribution < -0.4 is 4.65 Å². The van der Waals surface area contributed by atoms with Gasteiger partial charge in [-0.05, 0) is 34.4 Å². The van der Waals surface area contributed by atoms with E-state index in [0.29, 0.717) is 5.75 Å². The quantitative estimate of drug-likeness (QED) is 0.372. The molecule has 0 bridgehead atoms. The molecule has 1 aromatic heterocycles. The molecule has 0 fully saturated rings. The molecule has 0 saturated carbocycles. The van der Waals surface area contributed by atoms with Crippen molar-refractivity contribution in [2.24, 2.45) is 0 Å². The van der Waals surface area contributed by atoms with Gasteiger partial charge >= 0.3 is 7.69 Å². The summed E-state index contributed by atoms with van der Waals surface area (Å²) in [5, 5.41) is 11.5. The summed E-state index contributed by atoms with van der Waals surface area (Å²) in [7, 11) is 0.741. The summed E-state index contributed by atoms with van der Waals surface area (Å²) in [5.74, 6) is 0.670. The van der Waals surface area contributed by atoms with Crippen LogP contribution in [0.3, 0.4) is 0 Å². The fourth-order valence-corrected chi connectivity index (χ4v) is 4.97.